The largest absolute Gasteiger partial charge is 0.504 e. The Bertz CT molecular complexity index is 2000. The van der Waals surface area contributed by atoms with Gasteiger partial charge in [0.15, 0.2) is 46.0 Å². The predicted molar refractivity (Wildman–Crippen MR) is 251 cm³/mol. The van der Waals surface area contributed by atoms with Crippen molar-refractivity contribution in [2.75, 3.05) is 34.0 Å². The molecule has 0 bridgehead atoms. The van der Waals surface area contributed by atoms with Crippen LogP contribution >= 0.6 is 0 Å². The molecule has 0 aliphatic carbocycles. The molecular formula is C51H70O9. The molecule has 60 heavy (non-hydrogen) atoms. The van der Waals surface area contributed by atoms with E-state index in [9.17, 15) is 20.4 Å². The minimum atomic E-state index is 0.0691. The van der Waals surface area contributed by atoms with Crippen molar-refractivity contribution in [3.05, 3.63) is 110 Å². The average molecular weight is 827 g/mol. The van der Waals surface area contributed by atoms with Gasteiger partial charge < -0.3 is 44.1 Å². The van der Waals surface area contributed by atoms with Crippen molar-refractivity contribution in [3.63, 3.8) is 0 Å². The number of benzene rings is 4. The molecule has 0 aliphatic rings. The Morgan fingerprint density at radius 1 is 0.383 bits per heavy atom. The van der Waals surface area contributed by atoms with Gasteiger partial charge in [-0.25, -0.2) is 0 Å². The topological polar surface area (TPSA) is 127 Å². The van der Waals surface area contributed by atoms with E-state index in [-0.39, 0.29) is 23.0 Å². The van der Waals surface area contributed by atoms with Crippen LogP contribution in [0.25, 0.3) is 24.3 Å². The molecule has 4 rings (SSSR count). The number of allylic oxidation sites excluding steroid dienone is 4. The molecule has 0 saturated heterocycles. The maximum absolute atomic E-state index is 9.94. The van der Waals surface area contributed by atoms with Gasteiger partial charge in [0.2, 0.25) is 5.75 Å². The van der Waals surface area contributed by atoms with E-state index in [0.29, 0.717) is 48.6 Å². The third-order valence-corrected chi connectivity index (χ3v) is 8.09. The maximum Gasteiger partial charge on any atom is 0.200 e. The van der Waals surface area contributed by atoms with Crippen molar-refractivity contribution < 1.29 is 44.1 Å². The van der Waals surface area contributed by atoms with E-state index < -0.39 is 0 Å². The van der Waals surface area contributed by atoms with Crippen LogP contribution in [-0.2, 0) is 0 Å². The third-order valence-electron chi connectivity index (χ3n) is 8.09. The lowest BCUT2D eigenvalue weighted by atomic mass is 10.1. The first-order valence-electron chi connectivity index (χ1n) is 20.1. The van der Waals surface area contributed by atoms with Gasteiger partial charge in [-0.2, -0.15) is 0 Å². The van der Waals surface area contributed by atoms with Crippen LogP contribution in [0.4, 0.5) is 0 Å². The minimum Gasteiger partial charge on any atom is -0.504 e. The average Bonchev–Trinajstić information content (AvgIpc) is 3.15. The molecule has 0 amide bonds. The standard InChI is InChI=1S/C14H20O3.C13H18O2.2C12H16O2/c1-5-16-12-8-11(7-10(3)4)9-13(14(12)15)17-6-2;1-5-15-12-8-11(6-9(2)3)7-10(4)13(12)14;2*1-8(2)5-10-6-9(3)12(13)11(7-10)14-4/h7-9,15H,5-6H2,1-4H3;6-8,14H,5H2,1-4H3;2*5-7,13H,1-4H3. The van der Waals surface area contributed by atoms with Gasteiger partial charge in [0.05, 0.1) is 34.0 Å². The van der Waals surface area contributed by atoms with E-state index in [1.165, 1.54) is 22.3 Å². The molecule has 0 aliphatic heterocycles. The minimum absolute atomic E-state index is 0.0691. The van der Waals surface area contributed by atoms with Crippen LogP contribution in [0.1, 0.15) is 115 Å². The first kappa shape index (κ1) is 52.1. The molecule has 9 heteroatoms. The first-order chi connectivity index (χ1) is 28.2. The van der Waals surface area contributed by atoms with Crippen molar-refractivity contribution in [1.29, 1.82) is 0 Å². The summed E-state index contributed by atoms with van der Waals surface area (Å²) >= 11 is 0. The predicted octanol–water partition coefficient (Wildman–Crippen LogP) is 13.4. The van der Waals surface area contributed by atoms with Crippen LogP contribution < -0.4 is 23.7 Å². The van der Waals surface area contributed by atoms with Gasteiger partial charge >= 0.3 is 0 Å². The van der Waals surface area contributed by atoms with Crippen LogP contribution in [-0.4, -0.2) is 54.5 Å². The van der Waals surface area contributed by atoms with E-state index in [0.717, 1.165) is 38.9 Å². The second kappa shape index (κ2) is 26.2. The molecule has 0 spiro atoms. The molecule has 9 nitrogen and oxygen atoms in total. The fraction of sp³-hybridized carbons (Fsp3) is 0.373. The fourth-order valence-electron chi connectivity index (χ4n) is 5.70. The van der Waals surface area contributed by atoms with Crippen LogP contribution in [0.2, 0.25) is 0 Å². The van der Waals surface area contributed by atoms with E-state index in [1.54, 1.807) is 14.2 Å². The molecule has 0 fully saturated rings. The van der Waals surface area contributed by atoms with E-state index in [4.69, 9.17) is 23.7 Å². The van der Waals surface area contributed by atoms with Gasteiger partial charge in [-0.3, -0.25) is 0 Å². The molecular weight excluding hydrogens is 757 g/mol. The number of aryl methyl sites for hydroxylation is 3. The molecule has 4 aromatic rings. The number of ether oxygens (including phenoxy) is 5. The SMILES string of the molecule is CCOc1cc(C=C(C)C)cc(C)c1O.CCOc1cc(C=C(C)C)cc(OCC)c1O.COc1cc(C=C(C)C)cc(C)c1O.COc1cc(C=C(C)C)cc(C)c1O. The molecule has 0 unspecified atom stereocenters. The van der Waals surface area contributed by atoms with E-state index in [1.807, 2.05) is 152 Å². The zero-order valence-corrected chi connectivity index (χ0v) is 38.9. The summed E-state index contributed by atoms with van der Waals surface area (Å²) in [5, 5.41) is 38.9. The summed E-state index contributed by atoms with van der Waals surface area (Å²) in [6.45, 7) is 29.1. The lowest BCUT2D eigenvalue weighted by Gasteiger charge is -2.12. The van der Waals surface area contributed by atoms with Gasteiger partial charge in [0.1, 0.15) is 0 Å². The Hall–Kier alpha value is -5.96. The normalized spacial score (nSPS) is 9.80. The summed E-state index contributed by atoms with van der Waals surface area (Å²) in [6, 6.07) is 15.0. The molecule has 0 aromatic heterocycles. The Morgan fingerprint density at radius 3 is 0.833 bits per heavy atom. The number of rotatable bonds is 12. The molecule has 0 saturated carbocycles. The van der Waals surface area contributed by atoms with Crippen LogP contribution in [0.15, 0.2) is 70.8 Å². The summed E-state index contributed by atoms with van der Waals surface area (Å²) in [6.07, 6.45) is 8.18. The number of phenolic OH excluding ortho intramolecular Hbond substituents is 4. The molecule has 0 atom stereocenters. The number of phenols is 4. The third kappa shape index (κ3) is 17.9. The molecule has 0 radical (unpaired) electrons. The quantitative estimate of drug-likeness (QED) is 0.110. The summed E-state index contributed by atoms with van der Waals surface area (Å²) < 4.78 is 26.3. The number of aromatic hydroxyl groups is 4. The van der Waals surface area contributed by atoms with Crippen molar-refractivity contribution in [3.8, 4) is 51.7 Å². The highest BCUT2D eigenvalue weighted by Crippen LogP contribution is 2.38. The van der Waals surface area contributed by atoms with Crippen LogP contribution in [0.5, 0.6) is 51.7 Å². The Morgan fingerprint density at radius 2 is 0.600 bits per heavy atom. The van der Waals surface area contributed by atoms with Crippen molar-refractivity contribution in [2.45, 2.75) is 96.9 Å². The maximum atomic E-state index is 9.94. The molecule has 0 heterocycles. The summed E-state index contributed by atoms with van der Waals surface area (Å²) in [5.41, 5.74) is 11.5. The number of hydrogen-bond acceptors (Lipinski definition) is 9. The molecule has 4 N–H and O–H groups in total. The lowest BCUT2D eigenvalue weighted by Crippen LogP contribution is -1.97. The smallest absolute Gasteiger partial charge is 0.200 e. The zero-order valence-electron chi connectivity index (χ0n) is 38.9. The fourth-order valence-corrected chi connectivity index (χ4v) is 5.70. The summed E-state index contributed by atoms with van der Waals surface area (Å²) in [4.78, 5) is 0. The van der Waals surface area contributed by atoms with Crippen LogP contribution in [0.3, 0.4) is 0 Å². The van der Waals surface area contributed by atoms with Crippen molar-refractivity contribution >= 4 is 24.3 Å². The summed E-state index contributed by atoms with van der Waals surface area (Å²) in [5.74, 6) is 3.29. The van der Waals surface area contributed by atoms with Gasteiger partial charge in [-0.1, -0.05) is 46.6 Å². The van der Waals surface area contributed by atoms with E-state index >= 15 is 0 Å². The monoisotopic (exact) mass is 827 g/mol. The van der Waals surface area contributed by atoms with Gasteiger partial charge in [-0.15, -0.1) is 0 Å². The highest BCUT2D eigenvalue weighted by Gasteiger charge is 2.12. The van der Waals surface area contributed by atoms with Crippen LogP contribution in [0, 0.1) is 20.8 Å². The Balaban J connectivity index is 0.000000401. The lowest BCUT2D eigenvalue weighted by molar-refractivity contribution is 0.289. The zero-order chi connectivity index (χ0) is 45.7. The summed E-state index contributed by atoms with van der Waals surface area (Å²) in [7, 11) is 3.11. The van der Waals surface area contributed by atoms with Gasteiger partial charge in [0.25, 0.3) is 0 Å². The Labute approximate surface area is 359 Å². The number of methoxy groups -OCH3 is 2. The van der Waals surface area contributed by atoms with Gasteiger partial charge in [-0.05, 0) is 184 Å². The van der Waals surface area contributed by atoms with Crippen molar-refractivity contribution in [2.24, 2.45) is 0 Å². The Kier molecular flexibility index (Phi) is 22.7. The van der Waals surface area contributed by atoms with E-state index in [2.05, 4.69) is 18.2 Å². The second-order valence-corrected chi connectivity index (χ2v) is 15.0. The second-order valence-electron chi connectivity index (χ2n) is 15.0. The first-order valence-corrected chi connectivity index (χ1v) is 20.1. The molecule has 4 aromatic carbocycles. The highest BCUT2D eigenvalue weighted by molar-refractivity contribution is 5.64. The molecule has 328 valence electrons. The highest BCUT2D eigenvalue weighted by atomic mass is 16.5. The number of hydrogen-bond donors (Lipinski definition) is 4. The van der Waals surface area contributed by atoms with Gasteiger partial charge in [0, 0.05) is 0 Å². The van der Waals surface area contributed by atoms with Crippen molar-refractivity contribution in [1.82, 2.24) is 0 Å².